The number of halogens is 2. The number of hydrogen-bond acceptors (Lipinski definition) is 1. The monoisotopic (exact) mass is 231 g/mol. The fourth-order valence-electron chi connectivity index (χ4n) is 0.774. The predicted octanol–water partition coefficient (Wildman–Crippen LogP) is 2.43. The summed E-state index contributed by atoms with van der Waals surface area (Å²) in [6, 6.07) is 5.96. The summed E-state index contributed by atoms with van der Waals surface area (Å²) in [5.41, 5.74) is 0.865. The molecule has 0 saturated carbocycles. The van der Waals surface area contributed by atoms with Crippen LogP contribution in [0.25, 0.3) is 0 Å². The van der Waals surface area contributed by atoms with Gasteiger partial charge >= 0.3 is 0 Å². The van der Waals surface area contributed by atoms with Gasteiger partial charge in [0.25, 0.3) is 4.82 Å². The fraction of sp³-hybridized carbons (Fsp3) is 0.125. The predicted molar refractivity (Wildman–Crippen MR) is 47.6 cm³/mol. The highest BCUT2D eigenvalue weighted by atomic mass is 79.9. The Morgan fingerprint density at radius 1 is 1.42 bits per heavy atom. The number of carbonyl (C=O) groups excluding carboxylic acids is 1. The van der Waals surface area contributed by atoms with E-state index in [1.807, 2.05) is 0 Å². The molecular weight excluding hydrogens is 225 g/mol. The van der Waals surface area contributed by atoms with Crippen LogP contribution in [0, 0.1) is 5.82 Å². The number of hydrogen-bond donors (Lipinski definition) is 1. The molecule has 0 fully saturated rings. The molecule has 1 aromatic rings. The van der Waals surface area contributed by atoms with Crippen LogP contribution >= 0.6 is 15.9 Å². The van der Waals surface area contributed by atoms with Gasteiger partial charge in [-0.05, 0) is 17.7 Å². The van der Waals surface area contributed by atoms with Gasteiger partial charge in [-0.25, -0.2) is 4.39 Å². The average molecular weight is 232 g/mol. The minimum Gasteiger partial charge on any atom is -0.343 e. The van der Waals surface area contributed by atoms with Gasteiger partial charge in [-0.3, -0.25) is 4.79 Å². The summed E-state index contributed by atoms with van der Waals surface area (Å²) in [5, 5.41) is 2.54. The van der Waals surface area contributed by atoms with Crippen LogP contribution in [0.5, 0.6) is 0 Å². The normalized spacial score (nSPS) is 9.50. The molecule has 0 atom stereocenters. The number of carbonyl (C=O) groups is 1. The van der Waals surface area contributed by atoms with Gasteiger partial charge < -0.3 is 5.32 Å². The maximum Gasteiger partial charge on any atom is 0.287 e. The molecule has 1 amide bonds. The third kappa shape index (κ3) is 3.00. The second kappa shape index (κ2) is 4.21. The van der Waals surface area contributed by atoms with Crippen molar-refractivity contribution in [3.63, 3.8) is 0 Å². The van der Waals surface area contributed by atoms with Crippen LogP contribution in [0.15, 0.2) is 24.3 Å². The van der Waals surface area contributed by atoms with E-state index >= 15 is 0 Å². The summed E-state index contributed by atoms with van der Waals surface area (Å²) in [6.45, 7) is 0.407. The summed E-state index contributed by atoms with van der Waals surface area (Å²) < 4.78 is 12.4. The molecule has 64 valence electrons. The van der Waals surface area contributed by atoms with Gasteiger partial charge in [-0.2, -0.15) is 0 Å². The summed E-state index contributed by atoms with van der Waals surface area (Å²) in [5.74, 6) is -0.274. The largest absolute Gasteiger partial charge is 0.343 e. The summed E-state index contributed by atoms with van der Waals surface area (Å²) >= 11 is 2.72. The van der Waals surface area contributed by atoms with Crippen LogP contribution in [0.4, 0.5) is 9.18 Å². The van der Waals surface area contributed by atoms with Gasteiger partial charge in [0.2, 0.25) is 0 Å². The lowest BCUT2D eigenvalue weighted by Crippen LogP contribution is -2.14. The molecule has 4 heteroatoms. The lowest BCUT2D eigenvalue weighted by molar-refractivity contribution is 0.261. The van der Waals surface area contributed by atoms with E-state index in [1.165, 1.54) is 12.1 Å². The Bertz CT molecular complexity index is 273. The van der Waals surface area contributed by atoms with Crippen LogP contribution in [0.3, 0.4) is 0 Å². The molecule has 0 aliphatic rings. The molecule has 0 spiro atoms. The SMILES string of the molecule is O=C(Br)NCc1ccc(F)cc1. The maximum absolute atomic E-state index is 12.4. The standard InChI is InChI=1S/C8H7BrFNO/c9-8(12)11-5-6-1-3-7(10)4-2-6/h1-4H,5H2,(H,11,12). The van der Waals surface area contributed by atoms with Crippen molar-refractivity contribution in [2.45, 2.75) is 6.54 Å². The van der Waals surface area contributed by atoms with Crippen molar-refractivity contribution in [3.8, 4) is 0 Å². The molecule has 0 saturated heterocycles. The van der Waals surface area contributed by atoms with E-state index in [1.54, 1.807) is 12.1 Å². The quantitative estimate of drug-likeness (QED) is 0.615. The van der Waals surface area contributed by atoms with Crippen LogP contribution in [-0.2, 0) is 6.54 Å². The van der Waals surface area contributed by atoms with E-state index < -0.39 is 0 Å². The Hall–Kier alpha value is -0.900. The molecule has 1 aromatic carbocycles. The average Bonchev–Trinajstić information content (AvgIpc) is 2.03. The number of rotatable bonds is 2. The van der Waals surface area contributed by atoms with Crippen LogP contribution in [0.2, 0.25) is 0 Å². The maximum atomic E-state index is 12.4. The van der Waals surface area contributed by atoms with Gasteiger partial charge in [0.1, 0.15) is 5.82 Å². The van der Waals surface area contributed by atoms with Crippen molar-refractivity contribution in [2.24, 2.45) is 0 Å². The number of benzene rings is 1. The Morgan fingerprint density at radius 3 is 2.50 bits per heavy atom. The van der Waals surface area contributed by atoms with Crippen molar-refractivity contribution in [2.75, 3.05) is 0 Å². The molecular formula is C8H7BrFNO. The summed E-state index contributed by atoms with van der Waals surface area (Å²) in [7, 11) is 0. The van der Waals surface area contributed by atoms with Gasteiger partial charge in [0.05, 0.1) is 0 Å². The fourth-order valence-corrected chi connectivity index (χ4v) is 0.914. The molecule has 0 aliphatic carbocycles. The van der Waals surface area contributed by atoms with E-state index in [4.69, 9.17) is 0 Å². The number of amides is 1. The molecule has 1 N–H and O–H groups in total. The lowest BCUT2D eigenvalue weighted by Gasteiger charge is -1.99. The third-order valence-electron chi connectivity index (χ3n) is 1.34. The molecule has 0 aromatic heterocycles. The molecule has 0 heterocycles. The molecule has 1 rings (SSSR count). The Morgan fingerprint density at radius 2 is 2.00 bits per heavy atom. The van der Waals surface area contributed by atoms with Crippen LogP contribution in [0.1, 0.15) is 5.56 Å². The number of nitrogens with one attached hydrogen (secondary N) is 1. The van der Waals surface area contributed by atoms with Gasteiger partial charge in [0.15, 0.2) is 0 Å². The topological polar surface area (TPSA) is 29.1 Å². The molecule has 12 heavy (non-hydrogen) atoms. The molecule has 0 unspecified atom stereocenters. The first-order valence-corrected chi connectivity index (χ1v) is 4.15. The smallest absolute Gasteiger partial charge is 0.287 e. The second-order valence-electron chi connectivity index (χ2n) is 2.25. The Labute approximate surface area is 77.9 Å². The highest BCUT2D eigenvalue weighted by Crippen LogP contribution is 2.02. The zero-order valence-corrected chi connectivity index (χ0v) is 7.77. The van der Waals surface area contributed by atoms with E-state index in [-0.39, 0.29) is 10.6 Å². The summed E-state index contributed by atoms with van der Waals surface area (Å²) in [4.78, 5) is 10.1. The van der Waals surface area contributed by atoms with E-state index in [0.717, 1.165) is 5.56 Å². The van der Waals surface area contributed by atoms with Gasteiger partial charge in [-0.15, -0.1) is 0 Å². The van der Waals surface area contributed by atoms with E-state index in [0.29, 0.717) is 6.54 Å². The highest BCUT2D eigenvalue weighted by molar-refractivity contribution is 9.18. The van der Waals surface area contributed by atoms with Crippen molar-refractivity contribution in [1.29, 1.82) is 0 Å². The zero-order chi connectivity index (χ0) is 8.97. The zero-order valence-electron chi connectivity index (χ0n) is 6.18. The first-order chi connectivity index (χ1) is 5.68. The van der Waals surface area contributed by atoms with Crippen molar-refractivity contribution < 1.29 is 9.18 Å². The Balaban J connectivity index is 2.53. The molecule has 0 bridgehead atoms. The van der Waals surface area contributed by atoms with Crippen LogP contribution < -0.4 is 5.32 Å². The third-order valence-corrected chi connectivity index (χ3v) is 1.63. The first kappa shape index (κ1) is 9.19. The van der Waals surface area contributed by atoms with E-state index in [9.17, 15) is 9.18 Å². The van der Waals surface area contributed by atoms with Gasteiger partial charge in [-0.1, -0.05) is 12.1 Å². The Kier molecular flexibility index (Phi) is 3.22. The molecule has 0 radical (unpaired) electrons. The molecule has 2 nitrogen and oxygen atoms in total. The van der Waals surface area contributed by atoms with Gasteiger partial charge in [0, 0.05) is 22.5 Å². The van der Waals surface area contributed by atoms with E-state index in [2.05, 4.69) is 21.2 Å². The summed E-state index contributed by atoms with van der Waals surface area (Å²) in [6.07, 6.45) is 0. The second-order valence-corrected chi connectivity index (χ2v) is 2.97. The van der Waals surface area contributed by atoms with Crippen molar-refractivity contribution >= 4 is 20.7 Å². The van der Waals surface area contributed by atoms with Crippen molar-refractivity contribution in [3.05, 3.63) is 35.6 Å². The first-order valence-electron chi connectivity index (χ1n) is 3.36. The van der Waals surface area contributed by atoms with Crippen molar-refractivity contribution in [1.82, 2.24) is 5.32 Å². The highest BCUT2D eigenvalue weighted by Gasteiger charge is 1.95. The molecule has 0 aliphatic heterocycles. The minimum atomic E-state index is -0.274. The lowest BCUT2D eigenvalue weighted by atomic mass is 10.2. The van der Waals surface area contributed by atoms with Crippen LogP contribution in [-0.4, -0.2) is 4.82 Å². The minimum absolute atomic E-state index is 0.271.